The van der Waals surface area contributed by atoms with Crippen molar-refractivity contribution in [2.75, 3.05) is 31.1 Å². The summed E-state index contributed by atoms with van der Waals surface area (Å²) in [6.45, 7) is 4.82. The van der Waals surface area contributed by atoms with Crippen LogP contribution in [0, 0.1) is 0 Å². The zero-order valence-corrected chi connectivity index (χ0v) is 12.8. The lowest BCUT2D eigenvalue weighted by atomic mass is 10.1. The van der Waals surface area contributed by atoms with E-state index in [-0.39, 0.29) is 0 Å². The smallest absolute Gasteiger partial charge is 0.225 e. The lowest BCUT2D eigenvalue weighted by Crippen LogP contribution is -2.43. The summed E-state index contributed by atoms with van der Waals surface area (Å²) in [5, 5.41) is 0. The molecule has 2 aliphatic rings. The van der Waals surface area contributed by atoms with Crippen molar-refractivity contribution in [2.24, 2.45) is 0 Å². The first-order valence-electron chi connectivity index (χ1n) is 7.29. The van der Waals surface area contributed by atoms with Crippen molar-refractivity contribution in [1.82, 2.24) is 14.9 Å². The summed E-state index contributed by atoms with van der Waals surface area (Å²) >= 11 is 3.40. The van der Waals surface area contributed by atoms with Crippen molar-refractivity contribution in [3.63, 3.8) is 0 Å². The van der Waals surface area contributed by atoms with Crippen LogP contribution in [-0.2, 0) is 0 Å². The van der Waals surface area contributed by atoms with E-state index in [1.54, 1.807) is 0 Å². The second-order valence-corrected chi connectivity index (χ2v) is 6.47. The molecule has 0 spiro atoms. The number of halogens is 1. The van der Waals surface area contributed by atoms with Gasteiger partial charge in [0.25, 0.3) is 0 Å². The topological polar surface area (TPSA) is 32.3 Å². The third kappa shape index (κ3) is 3.26. The van der Waals surface area contributed by atoms with E-state index in [9.17, 15) is 0 Å². The highest BCUT2D eigenvalue weighted by molar-refractivity contribution is 9.10. The number of likely N-dealkylation sites (tertiary alicyclic amines) is 1. The number of rotatable bonds is 3. The maximum atomic E-state index is 4.45. The van der Waals surface area contributed by atoms with Gasteiger partial charge >= 0.3 is 0 Å². The number of piperidine rings is 1. The van der Waals surface area contributed by atoms with E-state index >= 15 is 0 Å². The monoisotopic (exact) mass is 324 g/mol. The van der Waals surface area contributed by atoms with Gasteiger partial charge in [-0.05, 0) is 54.7 Å². The molecule has 5 heteroatoms. The average molecular weight is 325 g/mol. The number of hydrogen-bond acceptors (Lipinski definition) is 4. The average Bonchev–Trinajstić information content (AvgIpc) is 2.89. The minimum atomic E-state index is 0.597. The molecule has 2 fully saturated rings. The first-order chi connectivity index (χ1) is 9.33. The molecule has 4 nitrogen and oxygen atoms in total. The Morgan fingerprint density at radius 3 is 2.53 bits per heavy atom. The van der Waals surface area contributed by atoms with E-state index in [4.69, 9.17) is 0 Å². The van der Waals surface area contributed by atoms with Gasteiger partial charge in [0.2, 0.25) is 5.95 Å². The summed E-state index contributed by atoms with van der Waals surface area (Å²) < 4.78 is 0.947. The van der Waals surface area contributed by atoms with Gasteiger partial charge in [-0.25, -0.2) is 9.97 Å². The Bertz CT molecular complexity index is 402. The third-order valence-electron chi connectivity index (χ3n) is 4.16. The first-order valence-corrected chi connectivity index (χ1v) is 8.09. The summed E-state index contributed by atoms with van der Waals surface area (Å²) in [6.07, 6.45) is 10.4. The molecule has 19 heavy (non-hydrogen) atoms. The highest BCUT2D eigenvalue weighted by Crippen LogP contribution is 2.24. The molecule has 0 N–H and O–H groups in total. The van der Waals surface area contributed by atoms with Gasteiger partial charge in [0, 0.05) is 31.5 Å². The molecule has 1 aromatic rings. The van der Waals surface area contributed by atoms with Crippen LogP contribution in [0.4, 0.5) is 5.95 Å². The predicted octanol–water partition coefficient (Wildman–Crippen LogP) is 2.69. The predicted molar refractivity (Wildman–Crippen MR) is 80.4 cm³/mol. The summed E-state index contributed by atoms with van der Waals surface area (Å²) in [4.78, 5) is 13.9. The van der Waals surface area contributed by atoms with Gasteiger partial charge in [0.15, 0.2) is 0 Å². The summed E-state index contributed by atoms with van der Waals surface area (Å²) in [6, 6.07) is 0.597. The molecule has 104 valence electrons. The van der Waals surface area contributed by atoms with Crippen LogP contribution in [-0.4, -0.2) is 47.1 Å². The van der Waals surface area contributed by atoms with Crippen LogP contribution < -0.4 is 4.90 Å². The Hall–Kier alpha value is -0.680. The Labute approximate surface area is 123 Å². The zero-order valence-electron chi connectivity index (χ0n) is 11.3. The minimum Gasteiger partial charge on any atom is -0.337 e. The Kier molecular flexibility index (Phi) is 4.33. The molecule has 0 amide bonds. The number of hydrogen-bond donors (Lipinski definition) is 0. The molecule has 0 aromatic carbocycles. The fourth-order valence-corrected chi connectivity index (χ4v) is 3.39. The molecule has 2 saturated heterocycles. The van der Waals surface area contributed by atoms with Crippen LogP contribution in [0.3, 0.4) is 0 Å². The maximum absolute atomic E-state index is 4.45. The molecule has 0 saturated carbocycles. The standard InChI is InChI=1S/C14H21BrN4/c15-12-9-16-14(17-10-12)19-8-4-5-13(19)11-18-6-2-1-3-7-18/h9-10,13H,1-8,11H2/t13-/m0/s1. The van der Waals surface area contributed by atoms with Crippen molar-refractivity contribution in [1.29, 1.82) is 0 Å². The van der Waals surface area contributed by atoms with Crippen LogP contribution in [0.1, 0.15) is 32.1 Å². The molecule has 2 aliphatic heterocycles. The molecule has 3 rings (SSSR count). The molecular formula is C14H21BrN4. The van der Waals surface area contributed by atoms with Gasteiger partial charge < -0.3 is 9.80 Å². The Balaban J connectivity index is 1.65. The van der Waals surface area contributed by atoms with Crippen LogP contribution in [0.2, 0.25) is 0 Å². The van der Waals surface area contributed by atoms with E-state index in [0.29, 0.717) is 6.04 Å². The van der Waals surface area contributed by atoms with Crippen LogP contribution in [0.5, 0.6) is 0 Å². The SMILES string of the molecule is Brc1cnc(N2CCC[C@H]2CN2CCCCC2)nc1. The molecule has 0 bridgehead atoms. The van der Waals surface area contributed by atoms with Crippen molar-refractivity contribution in [3.05, 3.63) is 16.9 Å². The normalized spacial score (nSPS) is 24.9. The summed E-state index contributed by atoms with van der Waals surface area (Å²) in [5.74, 6) is 0.891. The molecule has 3 heterocycles. The van der Waals surface area contributed by atoms with Gasteiger partial charge in [-0.1, -0.05) is 6.42 Å². The zero-order chi connectivity index (χ0) is 13.1. The van der Waals surface area contributed by atoms with Gasteiger partial charge in [-0.15, -0.1) is 0 Å². The van der Waals surface area contributed by atoms with Gasteiger partial charge in [0.05, 0.1) is 4.47 Å². The second-order valence-electron chi connectivity index (χ2n) is 5.55. The van der Waals surface area contributed by atoms with E-state index < -0.39 is 0 Å². The highest BCUT2D eigenvalue weighted by Gasteiger charge is 2.28. The number of aromatic nitrogens is 2. The molecule has 0 unspecified atom stereocenters. The fraction of sp³-hybridized carbons (Fsp3) is 0.714. The highest BCUT2D eigenvalue weighted by atomic mass is 79.9. The van der Waals surface area contributed by atoms with Crippen LogP contribution in [0.15, 0.2) is 16.9 Å². The Morgan fingerprint density at radius 2 is 1.79 bits per heavy atom. The van der Waals surface area contributed by atoms with Gasteiger partial charge in [0.1, 0.15) is 0 Å². The molecule has 1 aromatic heterocycles. The maximum Gasteiger partial charge on any atom is 0.225 e. The first kappa shape index (κ1) is 13.3. The van der Waals surface area contributed by atoms with Crippen LogP contribution >= 0.6 is 15.9 Å². The molecule has 0 aliphatic carbocycles. The van der Waals surface area contributed by atoms with E-state index in [0.717, 1.165) is 17.0 Å². The third-order valence-corrected chi connectivity index (χ3v) is 4.57. The quantitative estimate of drug-likeness (QED) is 0.855. The fourth-order valence-electron chi connectivity index (χ4n) is 3.18. The van der Waals surface area contributed by atoms with Crippen molar-refractivity contribution in [2.45, 2.75) is 38.1 Å². The molecule has 1 atom stereocenters. The number of anilines is 1. The lowest BCUT2D eigenvalue weighted by Gasteiger charge is -2.32. The minimum absolute atomic E-state index is 0.597. The van der Waals surface area contributed by atoms with Crippen molar-refractivity contribution >= 4 is 21.9 Å². The number of nitrogens with zero attached hydrogens (tertiary/aromatic N) is 4. The molecule has 0 radical (unpaired) electrons. The van der Waals surface area contributed by atoms with E-state index in [2.05, 4.69) is 35.7 Å². The largest absolute Gasteiger partial charge is 0.337 e. The van der Waals surface area contributed by atoms with E-state index in [1.807, 2.05) is 12.4 Å². The lowest BCUT2D eigenvalue weighted by molar-refractivity contribution is 0.216. The van der Waals surface area contributed by atoms with Crippen LogP contribution in [0.25, 0.3) is 0 Å². The summed E-state index contributed by atoms with van der Waals surface area (Å²) in [7, 11) is 0. The van der Waals surface area contributed by atoms with Crippen molar-refractivity contribution in [3.8, 4) is 0 Å². The molecular weight excluding hydrogens is 304 g/mol. The second kappa shape index (κ2) is 6.18. The van der Waals surface area contributed by atoms with Gasteiger partial charge in [-0.2, -0.15) is 0 Å². The summed E-state index contributed by atoms with van der Waals surface area (Å²) in [5.41, 5.74) is 0. The van der Waals surface area contributed by atoms with Crippen molar-refractivity contribution < 1.29 is 0 Å². The van der Waals surface area contributed by atoms with Gasteiger partial charge in [-0.3, -0.25) is 0 Å². The van der Waals surface area contributed by atoms with E-state index in [1.165, 1.54) is 51.7 Å². The Morgan fingerprint density at radius 1 is 1.05 bits per heavy atom.